The van der Waals surface area contributed by atoms with E-state index < -0.39 is 0 Å². The van der Waals surface area contributed by atoms with Crippen molar-refractivity contribution in [2.75, 3.05) is 31.2 Å². The average molecular weight is 235 g/mol. The van der Waals surface area contributed by atoms with Crippen LogP contribution in [0.4, 0.5) is 5.69 Å². The fourth-order valence-electron chi connectivity index (χ4n) is 2.58. The Bertz CT molecular complexity index is 391. The lowest BCUT2D eigenvalue weighted by Gasteiger charge is -2.38. The number of benzene rings is 1. The molecule has 0 unspecified atom stereocenters. The van der Waals surface area contributed by atoms with Crippen LogP contribution in [-0.4, -0.2) is 37.2 Å². The molecule has 0 aromatic heterocycles. The predicted molar refractivity (Wildman–Crippen MR) is 64.2 cm³/mol. The SMILES string of the molecule is Oc1cccc(N2CCC3(CC2)OCCO3)c1. The Kier molecular flexibility index (Phi) is 2.68. The summed E-state index contributed by atoms with van der Waals surface area (Å²) in [7, 11) is 0. The molecular weight excluding hydrogens is 218 g/mol. The highest BCUT2D eigenvalue weighted by Crippen LogP contribution is 2.33. The number of anilines is 1. The molecule has 2 heterocycles. The van der Waals surface area contributed by atoms with E-state index in [1.807, 2.05) is 12.1 Å². The lowest BCUT2D eigenvalue weighted by atomic mass is 10.0. The Morgan fingerprint density at radius 3 is 2.47 bits per heavy atom. The van der Waals surface area contributed by atoms with Crippen LogP contribution in [0.2, 0.25) is 0 Å². The van der Waals surface area contributed by atoms with Gasteiger partial charge in [0.15, 0.2) is 5.79 Å². The Labute approximate surface area is 101 Å². The number of piperidine rings is 1. The van der Waals surface area contributed by atoms with E-state index in [1.54, 1.807) is 12.1 Å². The first-order chi connectivity index (χ1) is 8.27. The molecule has 17 heavy (non-hydrogen) atoms. The zero-order valence-corrected chi connectivity index (χ0v) is 9.76. The molecule has 2 aliphatic heterocycles. The van der Waals surface area contributed by atoms with E-state index in [4.69, 9.17) is 9.47 Å². The molecule has 1 spiro atoms. The van der Waals surface area contributed by atoms with Crippen molar-refractivity contribution in [1.29, 1.82) is 0 Å². The van der Waals surface area contributed by atoms with Crippen LogP contribution in [0.15, 0.2) is 24.3 Å². The molecule has 0 atom stereocenters. The van der Waals surface area contributed by atoms with Gasteiger partial charge in [-0.25, -0.2) is 0 Å². The molecule has 3 rings (SSSR count). The van der Waals surface area contributed by atoms with Crippen molar-refractivity contribution < 1.29 is 14.6 Å². The highest BCUT2D eigenvalue weighted by molar-refractivity contribution is 5.50. The highest BCUT2D eigenvalue weighted by Gasteiger charge is 2.39. The second kappa shape index (κ2) is 4.20. The number of nitrogens with zero attached hydrogens (tertiary/aromatic N) is 1. The van der Waals surface area contributed by atoms with Crippen molar-refractivity contribution in [3.8, 4) is 5.75 Å². The standard InChI is InChI=1S/C13H17NO3/c15-12-3-1-2-11(10-12)14-6-4-13(5-7-14)16-8-9-17-13/h1-3,10,15H,4-9H2. The maximum atomic E-state index is 9.47. The zero-order valence-electron chi connectivity index (χ0n) is 9.76. The van der Waals surface area contributed by atoms with Crippen LogP contribution in [0.5, 0.6) is 5.75 Å². The molecule has 0 aliphatic carbocycles. The molecule has 2 fully saturated rings. The number of hydrogen-bond donors (Lipinski definition) is 1. The lowest BCUT2D eigenvalue weighted by Crippen LogP contribution is -2.45. The van der Waals surface area contributed by atoms with E-state index in [9.17, 15) is 5.11 Å². The second-order valence-electron chi connectivity index (χ2n) is 4.61. The summed E-state index contributed by atoms with van der Waals surface area (Å²) in [6.45, 7) is 3.24. The van der Waals surface area contributed by atoms with Gasteiger partial charge in [0.2, 0.25) is 0 Å². The van der Waals surface area contributed by atoms with Crippen LogP contribution in [0.1, 0.15) is 12.8 Å². The normalized spacial score (nSPS) is 23.2. The van der Waals surface area contributed by atoms with Gasteiger partial charge in [-0.3, -0.25) is 0 Å². The molecule has 0 radical (unpaired) electrons. The van der Waals surface area contributed by atoms with Gasteiger partial charge >= 0.3 is 0 Å². The van der Waals surface area contributed by atoms with Gasteiger partial charge in [0.05, 0.1) is 13.2 Å². The molecule has 2 aliphatic rings. The maximum Gasteiger partial charge on any atom is 0.171 e. The van der Waals surface area contributed by atoms with Crippen molar-refractivity contribution in [1.82, 2.24) is 0 Å². The Balaban J connectivity index is 1.68. The molecule has 1 N–H and O–H groups in total. The Hall–Kier alpha value is -1.26. The highest BCUT2D eigenvalue weighted by atomic mass is 16.7. The number of phenolic OH excluding ortho intramolecular Hbond substituents is 1. The topological polar surface area (TPSA) is 41.9 Å². The van der Waals surface area contributed by atoms with Crippen molar-refractivity contribution in [3.63, 3.8) is 0 Å². The molecular formula is C13H17NO3. The number of rotatable bonds is 1. The van der Waals surface area contributed by atoms with E-state index in [2.05, 4.69) is 4.90 Å². The summed E-state index contributed by atoms with van der Waals surface area (Å²) in [4.78, 5) is 2.26. The van der Waals surface area contributed by atoms with E-state index in [0.717, 1.165) is 31.6 Å². The third kappa shape index (κ3) is 2.10. The van der Waals surface area contributed by atoms with Crippen molar-refractivity contribution in [2.24, 2.45) is 0 Å². The van der Waals surface area contributed by atoms with Gasteiger partial charge in [-0.1, -0.05) is 6.07 Å². The molecule has 0 amide bonds. The second-order valence-corrected chi connectivity index (χ2v) is 4.61. The minimum absolute atomic E-state index is 0.316. The largest absolute Gasteiger partial charge is 0.508 e. The van der Waals surface area contributed by atoms with E-state index in [0.29, 0.717) is 19.0 Å². The number of phenols is 1. The first-order valence-corrected chi connectivity index (χ1v) is 6.09. The number of ether oxygens (including phenoxy) is 2. The maximum absolute atomic E-state index is 9.47. The first kappa shape index (κ1) is 10.9. The Morgan fingerprint density at radius 1 is 1.12 bits per heavy atom. The molecule has 0 bridgehead atoms. The molecule has 4 nitrogen and oxygen atoms in total. The summed E-state index contributed by atoms with van der Waals surface area (Å²) in [5.41, 5.74) is 1.07. The molecule has 0 saturated carbocycles. The molecule has 2 saturated heterocycles. The monoisotopic (exact) mass is 235 g/mol. The van der Waals surface area contributed by atoms with Gasteiger partial charge in [0.25, 0.3) is 0 Å². The predicted octanol–water partition coefficient (Wildman–Crippen LogP) is 1.74. The van der Waals surface area contributed by atoms with Crippen molar-refractivity contribution >= 4 is 5.69 Å². The van der Waals surface area contributed by atoms with Crippen LogP contribution in [0.25, 0.3) is 0 Å². The molecule has 1 aromatic rings. The van der Waals surface area contributed by atoms with Gasteiger partial charge in [-0.15, -0.1) is 0 Å². The summed E-state index contributed by atoms with van der Waals surface area (Å²) in [5.74, 6) is -0.0102. The minimum atomic E-state index is -0.326. The van der Waals surface area contributed by atoms with Gasteiger partial charge in [-0.05, 0) is 12.1 Å². The minimum Gasteiger partial charge on any atom is -0.508 e. The fraction of sp³-hybridized carbons (Fsp3) is 0.538. The van der Waals surface area contributed by atoms with Crippen molar-refractivity contribution in [3.05, 3.63) is 24.3 Å². The first-order valence-electron chi connectivity index (χ1n) is 6.09. The molecule has 4 heteroatoms. The summed E-state index contributed by atoms with van der Waals surface area (Å²) in [5, 5.41) is 9.47. The van der Waals surface area contributed by atoms with Gasteiger partial charge in [0, 0.05) is 37.7 Å². The summed E-state index contributed by atoms with van der Waals surface area (Å²) < 4.78 is 11.4. The van der Waals surface area contributed by atoms with Crippen LogP contribution in [-0.2, 0) is 9.47 Å². The van der Waals surface area contributed by atoms with Crippen LogP contribution < -0.4 is 4.90 Å². The smallest absolute Gasteiger partial charge is 0.171 e. The fourth-order valence-corrected chi connectivity index (χ4v) is 2.58. The third-order valence-corrected chi connectivity index (χ3v) is 3.53. The molecule has 92 valence electrons. The van der Waals surface area contributed by atoms with Crippen LogP contribution in [0, 0.1) is 0 Å². The van der Waals surface area contributed by atoms with E-state index in [-0.39, 0.29) is 5.79 Å². The quantitative estimate of drug-likeness (QED) is 0.805. The summed E-state index contributed by atoms with van der Waals surface area (Å²) in [6, 6.07) is 7.39. The summed E-state index contributed by atoms with van der Waals surface area (Å²) in [6.07, 6.45) is 1.78. The lowest BCUT2D eigenvalue weighted by molar-refractivity contribution is -0.169. The number of hydrogen-bond acceptors (Lipinski definition) is 4. The Morgan fingerprint density at radius 2 is 1.82 bits per heavy atom. The van der Waals surface area contributed by atoms with Crippen LogP contribution >= 0.6 is 0 Å². The van der Waals surface area contributed by atoms with Gasteiger partial charge in [0.1, 0.15) is 5.75 Å². The van der Waals surface area contributed by atoms with Gasteiger partial charge in [-0.2, -0.15) is 0 Å². The van der Waals surface area contributed by atoms with Gasteiger partial charge < -0.3 is 19.5 Å². The average Bonchev–Trinajstić information content (AvgIpc) is 2.79. The van der Waals surface area contributed by atoms with Crippen LogP contribution in [0.3, 0.4) is 0 Å². The summed E-state index contributed by atoms with van der Waals surface area (Å²) >= 11 is 0. The van der Waals surface area contributed by atoms with E-state index >= 15 is 0 Å². The number of aromatic hydroxyl groups is 1. The third-order valence-electron chi connectivity index (χ3n) is 3.53. The van der Waals surface area contributed by atoms with E-state index in [1.165, 1.54) is 0 Å². The van der Waals surface area contributed by atoms with Crippen molar-refractivity contribution in [2.45, 2.75) is 18.6 Å². The zero-order chi connectivity index (χ0) is 11.7. The molecule has 1 aromatic carbocycles.